The highest BCUT2D eigenvalue weighted by atomic mass is 16.4. The Labute approximate surface area is 142 Å². The number of hydrogen-bond acceptors (Lipinski definition) is 3. The van der Waals surface area contributed by atoms with E-state index in [-0.39, 0.29) is 11.8 Å². The molecule has 0 heterocycles. The van der Waals surface area contributed by atoms with E-state index in [2.05, 4.69) is 10.6 Å². The van der Waals surface area contributed by atoms with Gasteiger partial charge in [-0.3, -0.25) is 9.59 Å². The van der Waals surface area contributed by atoms with Crippen LogP contribution in [-0.4, -0.2) is 28.9 Å². The number of hydrogen-bond donors (Lipinski definition) is 3. The zero-order chi connectivity index (χ0) is 18.3. The van der Waals surface area contributed by atoms with E-state index in [1.54, 1.807) is 38.1 Å². The summed E-state index contributed by atoms with van der Waals surface area (Å²) < 4.78 is 0. The molecule has 0 aliphatic rings. The third-order valence-corrected chi connectivity index (χ3v) is 3.52. The van der Waals surface area contributed by atoms with Crippen LogP contribution in [-0.2, 0) is 16.1 Å². The molecule has 0 saturated carbocycles. The molecule has 1 rings (SSSR count). The normalized spacial score (nSPS) is 12.1. The fourth-order valence-corrected chi connectivity index (χ4v) is 2.16. The van der Waals surface area contributed by atoms with E-state index in [0.717, 1.165) is 5.56 Å². The van der Waals surface area contributed by atoms with Crippen LogP contribution in [0.1, 0.15) is 50.0 Å². The molecule has 0 aliphatic carbocycles. The van der Waals surface area contributed by atoms with E-state index in [4.69, 9.17) is 5.11 Å². The summed E-state index contributed by atoms with van der Waals surface area (Å²) in [6, 6.07) is 5.81. The first-order chi connectivity index (χ1) is 11.2. The lowest BCUT2D eigenvalue weighted by Crippen LogP contribution is -2.44. The number of carbonyl (C=O) groups excluding carboxylic acids is 2. The first-order valence-electron chi connectivity index (χ1n) is 8.10. The molecule has 0 fully saturated rings. The van der Waals surface area contributed by atoms with Gasteiger partial charge in [-0.25, -0.2) is 4.79 Å². The summed E-state index contributed by atoms with van der Waals surface area (Å²) in [7, 11) is 0. The SMILES string of the molecule is CC(C)CC(=O)NCc1ccc(C(=O)NC(C(=O)O)C(C)C)cc1. The molecular weight excluding hydrogens is 308 g/mol. The molecule has 24 heavy (non-hydrogen) atoms. The van der Waals surface area contributed by atoms with Crippen molar-refractivity contribution in [1.29, 1.82) is 0 Å². The first kappa shape index (κ1) is 19.7. The van der Waals surface area contributed by atoms with Gasteiger partial charge in [0.15, 0.2) is 0 Å². The number of benzene rings is 1. The summed E-state index contributed by atoms with van der Waals surface area (Å²) >= 11 is 0. The standard InChI is InChI=1S/C18H26N2O4/c1-11(2)9-15(21)19-10-13-5-7-14(8-6-13)17(22)20-16(12(3)4)18(23)24/h5-8,11-12,16H,9-10H2,1-4H3,(H,19,21)(H,20,22)(H,23,24). The highest BCUT2D eigenvalue weighted by Crippen LogP contribution is 2.08. The van der Waals surface area contributed by atoms with Crippen molar-refractivity contribution in [3.05, 3.63) is 35.4 Å². The Bertz CT molecular complexity index is 579. The topological polar surface area (TPSA) is 95.5 Å². The summed E-state index contributed by atoms with van der Waals surface area (Å²) in [6.45, 7) is 7.84. The Kier molecular flexibility index (Phi) is 7.42. The summed E-state index contributed by atoms with van der Waals surface area (Å²) in [6.07, 6.45) is 0.478. The first-order valence-corrected chi connectivity index (χ1v) is 8.10. The van der Waals surface area contributed by atoms with Gasteiger partial charge in [0, 0.05) is 18.5 Å². The molecule has 1 atom stereocenters. The maximum atomic E-state index is 12.1. The lowest BCUT2D eigenvalue weighted by atomic mass is 10.0. The Morgan fingerprint density at radius 2 is 1.62 bits per heavy atom. The highest BCUT2D eigenvalue weighted by Gasteiger charge is 2.23. The van der Waals surface area contributed by atoms with Gasteiger partial charge in [-0.2, -0.15) is 0 Å². The third-order valence-electron chi connectivity index (χ3n) is 3.52. The van der Waals surface area contributed by atoms with E-state index in [0.29, 0.717) is 24.4 Å². The van der Waals surface area contributed by atoms with E-state index in [1.807, 2.05) is 13.8 Å². The Morgan fingerprint density at radius 3 is 2.08 bits per heavy atom. The molecule has 6 nitrogen and oxygen atoms in total. The molecule has 1 aromatic rings. The summed E-state index contributed by atoms with van der Waals surface area (Å²) in [5.41, 5.74) is 1.27. The minimum absolute atomic E-state index is 0.00643. The lowest BCUT2D eigenvalue weighted by molar-refractivity contribution is -0.140. The summed E-state index contributed by atoms with van der Waals surface area (Å²) in [5, 5.41) is 14.5. The number of carboxylic acid groups (broad SMARTS) is 1. The van der Waals surface area contributed by atoms with Crippen LogP contribution in [0.2, 0.25) is 0 Å². The van der Waals surface area contributed by atoms with Crippen molar-refractivity contribution in [2.45, 2.75) is 46.7 Å². The van der Waals surface area contributed by atoms with Crippen LogP contribution in [0, 0.1) is 11.8 Å². The maximum Gasteiger partial charge on any atom is 0.326 e. The van der Waals surface area contributed by atoms with Crippen molar-refractivity contribution in [2.75, 3.05) is 0 Å². The van der Waals surface area contributed by atoms with Crippen LogP contribution < -0.4 is 10.6 Å². The maximum absolute atomic E-state index is 12.1. The predicted molar refractivity (Wildman–Crippen MR) is 91.5 cm³/mol. The average molecular weight is 334 g/mol. The van der Waals surface area contributed by atoms with Crippen molar-refractivity contribution in [3.63, 3.8) is 0 Å². The molecular formula is C18H26N2O4. The number of carboxylic acids is 1. The van der Waals surface area contributed by atoms with Crippen LogP contribution in [0.15, 0.2) is 24.3 Å². The van der Waals surface area contributed by atoms with Crippen LogP contribution >= 0.6 is 0 Å². The van der Waals surface area contributed by atoms with Gasteiger partial charge in [0.25, 0.3) is 5.91 Å². The Balaban J connectivity index is 2.62. The second-order valence-corrected chi connectivity index (χ2v) is 6.61. The highest BCUT2D eigenvalue weighted by molar-refractivity contribution is 5.96. The molecule has 0 radical (unpaired) electrons. The van der Waals surface area contributed by atoms with Gasteiger partial charge < -0.3 is 15.7 Å². The minimum atomic E-state index is -1.05. The Hall–Kier alpha value is -2.37. The molecule has 2 amide bonds. The van der Waals surface area contributed by atoms with Crippen molar-refractivity contribution < 1.29 is 19.5 Å². The molecule has 0 bridgehead atoms. The molecule has 132 valence electrons. The van der Waals surface area contributed by atoms with E-state index >= 15 is 0 Å². The summed E-state index contributed by atoms with van der Waals surface area (Å²) in [5.74, 6) is -1.39. The van der Waals surface area contributed by atoms with Gasteiger partial charge in [0.05, 0.1) is 0 Å². The quantitative estimate of drug-likeness (QED) is 0.679. The predicted octanol–water partition coefficient (Wildman–Crippen LogP) is 2.19. The average Bonchev–Trinajstić information content (AvgIpc) is 2.49. The van der Waals surface area contributed by atoms with Crippen molar-refractivity contribution in [1.82, 2.24) is 10.6 Å². The van der Waals surface area contributed by atoms with Gasteiger partial charge in [0.1, 0.15) is 6.04 Å². The largest absolute Gasteiger partial charge is 0.480 e. The van der Waals surface area contributed by atoms with E-state index < -0.39 is 17.9 Å². The molecule has 6 heteroatoms. The van der Waals surface area contributed by atoms with Crippen molar-refractivity contribution in [3.8, 4) is 0 Å². The van der Waals surface area contributed by atoms with Gasteiger partial charge in [-0.05, 0) is 29.5 Å². The van der Waals surface area contributed by atoms with Crippen LogP contribution in [0.25, 0.3) is 0 Å². The number of amides is 2. The molecule has 3 N–H and O–H groups in total. The van der Waals surface area contributed by atoms with Gasteiger partial charge in [0.2, 0.25) is 5.91 Å². The molecule has 0 spiro atoms. The molecule has 1 aromatic carbocycles. The van der Waals surface area contributed by atoms with Gasteiger partial charge in [-0.1, -0.05) is 39.8 Å². The van der Waals surface area contributed by atoms with Crippen molar-refractivity contribution >= 4 is 17.8 Å². The molecule has 0 aromatic heterocycles. The van der Waals surface area contributed by atoms with Gasteiger partial charge >= 0.3 is 5.97 Å². The fraction of sp³-hybridized carbons (Fsp3) is 0.500. The number of nitrogens with one attached hydrogen (secondary N) is 2. The Morgan fingerprint density at radius 1 is 1.04 bits per heavy atom. The number of rotatable bonds is 8. The smallest absolute Gasteiger partial charge is 0.326 e. The second kappa shape index (κ2) is 9.05. The fourth-order valence-electron chi connectivity index (χ4n) is 2.16. The number of aliphatic carboxylic acids is 1. The summed E-state index contributed by atoms with van der Waals surface area (Å²) in [4.78, 5) is 34.9. The molecule has 1 unspecified atom stereocenters. The zero-order valence-electron chi connectivity index (χ0n) is 14.6. The van der Waals surface area contributed by atoms with Crippen LogP contribution in [0.5, 0.6) is 0 Å². The monoisotopic (exact) mass is 334 g/mol. The second-order valence-electron chi connectivity index (χ2n) is 6.61. The number of carbonyl (C=O) groups is 3. The van der Waals surface area contributed by atoms with Crippen LogP contribution in [0.3, 0.4) is 0 Å². The van der Waals surface area contributed by atoms with Crippen LogP contribution in [0.4, 0.5) is 0 Å². The molecule has 0 aliphatic heterocycles. The lowest BCUT2D eigenvalue weighted by Gasteiger charge is -2.18. The third kappa shape index (κ3) is 6.40. The van der Waals surface area contributed by atoms with Gasteiger partial charge in [-0.15, -0.1) is 0 Å². The minimum Gasteiger partial charge on any atom is -0.480 e. The van der Waals surface area contributed by atoms with E-state index in [1.165, 1.54) is 0 Å². The molecule has 0 saturated heterocycles. The zero-order valence-corrected chi connectivity index (χ0v) is 14.6. The van der Waals surface area contributed by atoms with E-state index in [9.17, 15) is 14.4 Å². The van der Waals surface area contributed by atoms with Crippen molar-refractivity contribution in [2.24, 2.45) is 11.8 Å².